The van der Waals surface area contributed by atoms with Crippen molar-refractivity contribution in [2.45, 2.75) is 31.7 Å². The minimum Gasteiger partial charge on any atom is -0.497 e. The van der Waals surface area contributed by atoms with Crippen molar-refractivity contribution in [3.05, 3.63) is 54.6 Å². The molecular formula is C23H26N4O2. The zero-order chi connectivity index (χ0) is 20.1. The van der Waals surface area contributed by atoms with Gasteiger partial charge in [-0.25, -0.2) is 9.97 Å². The average molecular weight is 390 g/mol. The fourth-order valence-electron chi connectivity index (χ4n) is 3.62. The summed E-state index contributed by atoms with van der Waals surface area (Å²) in [4.78, 5) is 9.51. The number of nitrogens with one attached hydrogen (secondary N) is 2. The molecule has 0 amide bonds. The first-order valence-electron chi connectivity index (χ1n) is 9.95. The Labute approximate surface area is 171 Å². The van der Waals surface area contributed by atoms with E-state index in [1.165, 1.54) is 25.7 Å². The van der Waals surface area contributed by atoms with Crippen LogP contribution in [0, 0.1) is 0 Å². The summed E-state index contributed by atoms with van der Waals surface area (Å²) < 4.78 is 10.8. The third-order valence-electron chi connectivity index (χ3n) is 5.14. The van der Waals surface area contributed by atoms with Crippen LogP contribution in [0.25, 0.3) is 11.4 Å². The highest BCUT2D eigenvalue weighted by atomic mass is 16.5. The largest absolute Gasteiger partial charge is 0.497 e. The number of anilines is 3. The van der Waals surface area contributed by atoms with Gasteiger partial charge < -0.3 is 20.1 Å². The summed E-state index contributed by atoms with van der Waals surface area (Å²) in [7, 11) is 3.28. The first-order chi connectivity index (χ1) is 14.2. The summed E-state index contributed by atoms with van der Waals surface area (Å²) in [6, 6.07) is 18.1. The molecule has 0 unspecified atom stereocenters. The van der Waals surface area contributed by atoms with Gasteiger partial charge in [0, 0.05) is 23.7 Å². The van der Waals surface area contributed by atoms with Crippen LogP contribution in [0.2, 0.25) is 0 Å². The van der Waals surface area contributed by atoms with Crippen LogP contribution in [0.15, 0.2) is 54.6 Å². The molecule has 0 aliphatic heterocycles. The molecule has 29 heavy (non-hydrogen) atoms. The number of ether oxygens (including phenoxy) is 2. The van der Waals surface area contributed by atoms with Gasteiger partial charge in [0.1, 0.15) is 23.1 Å². The second-order valence-corrected chi connectivity index (χ2v) is 7.14. The maximum absolute atomic E-state index is 5.51. The highest BCUT2D eigenvalue weighted by molar-refractivity contribution is 5.69. The lowest BCUT2D eigenvalue weighted by Gasteiger charge is -2.16. The van der Waals surface area contributed by atoms with E-state index in [0.29, 0.717) is 23.4 Å². The molecule has 0 bridgehead atoms. The first kappa shape index (κ1) is 19.1. The van der Waals surface area contributed by atoms with Gasteiger partial charge in [0.2, 0.25) is 0 Å². The van der Waals surface area contributed by atoms with E-state index in [0.717, 1.165) is 22.8 Å². The van der Waals surface area contributed by atoms with E-state index >= 15 is 0 Å². The Morgan fingerprint density at radius 2 is 1.62 bits per heavy atom. The van der Waals surface area contributed by atoms with Crippen LogP contribution < -0.4 is 20.1 Å². The highest BCUT2D eigenvalue weighted by Crippen LogP contribution is 2.32. The van der Waals surface area contributed by atoms with Gasteiger partial charge in [0.15, 0.2) is 5.82 Å². The Balaban J connectivity index is 1.68. The zero-order valence-electron chi connectivity index (χ0n) is 16.8. The van der Waals surface area contributed by atoms with Gasteiger partial charge in [-0.05, 0) is 25.0 Å². The standard InChI is InChI=1S/C23H26N4O2/c1-28-18-12-13-19(20(14-18)29-2)25-22-15-21(24-17-10-6-7-11-17)26-23(27-22)16-8-4-3-5-9-16/h3-5,8-9,12-15,17H,6-7,10-11H2,1-2H3,(H2,24,25,26,27). The number of hydrogen-bond donors (Lipinski definition) is 2. The van der Waals surface area contributed by atoms with Crippen molar-refractivity contribution in [1.82, 2.24) is 9.97 Å². The molecule has 2 N–H and O–H groups in total. The van der Waals surface area contributed by atoms with E-state index in [9.17, 15) is 0 Å². The summed E-state index contributed by atoms with van der Waals surface area (Å²) in [5.74, 6) is 3.66. The number of aromatic nitrogens is 2. The molecule has 1 aliphatic carbocycles. The van der Waals surface area contributed by atoms with Gasteiger partial charge in [0.05, 0.1) is 19.9 Å². The molecule has 0 atom stereocenters. The van der Waals surface area contributed by atoms with Crippen molar-refractivity contribution >= 4 is 17.3 Å². The zero-order valence-corrected chi connectivity index (χ0v) is 16.8. The van der Waals surface area contributed by atoms with Crippen molar-refractivity contribution in [3.63, 3.8) is 0 Å². The monoisotopic (exact) mass is 390 g/mol. The van der Waals surface area contributed by atoms with Crippen molar-refractivity contribution in [2.24, 2.45) is 0 Å². The molecular weight excluding hydrogens is 364 g/mol. The van der Waals surface area contributed by atoms with E-state index in [4.69, 9.17) is 19.4 Å². The normalized spacial score (nSPS) is 13.9. The Hall–Kier alpha value is -3.28. The number of methoxy groups -OCH3 is 2. The molecule has 1 aliphatic rings. The number of rotatable bonds is 7. The number of hydrogen-bond acceptors (Lipinski definition) is 6. The van der Waals surface area contributed by atoms with Crippen molar-refractivity contribution in [1.29, 1.82) is 0 Å². The molecule has 2 aromatic carbocycles. The summed E-state index contributed by atoms with van der Waals surface area (Å²) in [6.07, 6.45) is 4.89. The Morgan fingerprint density at radius 1 is 0.862 bits per heavy atom. The first-order valence-corrected chi connectivity index (χ1v) is 9.95. The third kappa shape index (κ3) is 4.59. The Bertz CT molecular complexity index is 956. The van der Waals surface area contributed by atoms with Crippen LogP contribution >= 0.6 is 0 Å². The second kappa shape index (κ2) is 8.82. The summed E-state index contributed by atoms with van der Waals surface area (Å²) >= 11 is 0. The molecule has 0 radical (unpaired) electrons. The van der Waals surface area contributed by atoms with Gasteiger partial charge in [-0.1, -0.05) is 43.2 Å². The molecule has 0 spiro atoms. The molecule has 4 rings (SSSR count). The minimum atomic E-state index is 0.469. The fourth-order valence-corrected chi connectivity index (χ4v) is 3.62. The van der Waals surface area contributed by atoms with Crippen LogP contribution in [0.4, 0.5) is 17.3 Å². The summed E-state index contributed by atoms with van der Waals surface area (Å²) in [6.45, 7) is 0. The molecule has 0 saturated heterocycles. The smallest absolute Gasteiger partial charge is 0.163 e. The van der Waals surface area contributed by atoms with Gasteiger partial charge in [-0.3, -0.25) is 0 Å². The Morgan fingerprint density at radius 3 is 2.34 bits per heavy atom. The van der Waals surface area contributed by atoms with Gasteiger partial charge in [-0.15, -0.1) is 0 Å². The molecule has 1 fully saturated rings. The summed E-state index contributed by atoms with van der Waals surface area (Å²) in [5.41, 5.74) is 1.80. The summed E-state index contributed by atoms with van der Waals surface area (Å²) in [5, 5.41) is 6.96. The lowest BCUT2D eigenvalue weighted by molar-refractivity contribution is 0.395. The maximum atomic E-state index is 5.51. The van der Waals surface area contributed by atoms with E-state index in [-0.39, 0.29) is 0 Å². The molecule has 1 saturated carbocycles. The minimum absolute atomic E-state index is 0.469. The van der Waals surface area contributed by atoms with Crippen LogP contribution in [0.3, 0.4) is 0 Å². The van der Waals surface area contributed by atoms with Gasteiger partial charge in [0.25, 0.3) is 0 Å². The van der Waals surface area contributed by atoms with E-state index < -0.39 is 0 Å². The van der Waals surface area contributed by atoms with E-state index in [1.807, 2.05) is 54.6 Å². The lowest BCUT2D eigenvalue weighted by atomic mass is 10.2. The highest BCUT2D eigenvalue weighted by Gasteiger charge is 2.17. The molecule has 6 heteroatoms. The number of benzene rings is 2. The van der Waals surface area contributed by atoms with Crippen LogP contribution in [-0.4, -0.2) is 30.2 Å². The van der Waals surface area contributed by atoms with Gasteiger partial charge in [-0.2, -0.15) is 0 Å². The average Bonchev–Trinajstić information content (AvgIpc) is 3.27. The predicted octanol–water partition coefficient (Wildman–Crippen LogP) is 5.26. The third-order valence-corrected chi connectivity index (χ3v) is 5.14. The van der Waals surface area contributed by atoms with E-state index in [1.54, 1.807) is 14.2 Å². The quantitative estimate of drug-likeness (QED) is 0.574. The van der Waals surface area contributed by atoms with E-state index in [2.05, 4.69) is 10.6 Å². The lowest BCUT2D eigenvalue weighted by Crippen LogP contribution is -2.16. The molecule has 1 heterocycles. The van der Waals surface area contributed by atoms with Crippen molar-refractivity contribution in [3.8, 4) is 22.9 Å². The fraction of sp³-hybridized carbons (Fsp3) is 0.304. The topological polar surface area (TPSA) is 68.3 Å². The molecule has 6 nitrogen and oxygen atoms in total. The SMILES string of the molecule is COc1ccc(Nc2cc(NC3CCCC3)nc(-c3ccccc3)n2)c(OC)c1. The number of nitrogens with zero attached hydrogens (tertiary/aromatic N) is 2. The van der Waals surface area contributed by atoms with Crippen LogP contribution in [0.5, 0.6) is 11.5 Å². The Kier molecular flexibility index (Phi) is 5.79. The second-order valence-electron chi connectivity index (χ2n) is 7.14. The molecule has 1 aromatic heterocycles. The van der Waals surface area contributed by atoms with Crippen LogP contribution in [0.1, 0.15) is 25.7 Å². The van der Waals surface area contributed by atoms with Crippen molar-refractivity contribution in [2.75, 3.05) is 24.9 Å². The van der Waals surface area contributed by atoms with Gasteiger partial charge >= 0.3 is 0 Å². The molecule has 150 valence electrons. The molecule has 3 aromatic rings. The van der Waals surface area contributed by atoms with Crippen LogP contribution in [-0.2, 0) is 0 Å². The maximum Gasteiger partial charge on any atom is 0.163 e. The van der Waals surface area contributed by atoms with Crippen molar-refractivity contribution < 1.29 is 9.47 Å². The predicted molar refractivity (Wildman–Crippen MR) is 116 cm³/mol.